The minimum atomic E-state index is -0.385. The molecule has 0 radical (unpaired) electrons. The van der Waals surface area contributed by atoms with Crippen molar-refractivity contribution in [1.82, 2.24) is 4.90 Å². The van der Waals surface area contributed by atoms with E-state index < -0.39 is 0 Å². The summed E-state index contributed by atoms with van der Waals surface area (Å²) >= 11 is 13.3. The number of halogens is 2. The van der Waals surface area contributed by atoms with Crippen LogP contribution in [0.5, 0.6) is 11.5 Å². The van der Waals surface area contributed by atoms with E-state index in [0.29, 0.717) is 38.6 Å². The number of rotatable bonds is 8. The Hall–Kier alpha value is -2.15. The predicted octanol–water partition coefficient (Wildman–Crippen LogP) is 6.81. The van der Waals surface area contributed by atoms with E-state index in [1.165, 1.54) is 0 Å². The van der Waals surface area contributed by atoms with Crippen LogP contribution in [0.1, 0.15) is 38.3 Å². The molecule has 0 spiro atoms. The van der Waals surface area contributed by atoms with Gasteiger partial charge in [-0.2, -0.15) is 0 Å². The van der Waals surface area contributed by atoms with Crippen LogP contribution < -0.4 is 9.47 Å². The van der Waals surface area contributed by atoms with Gasteiger partial charge in [0.25, 0.3) is 11.1 Å². The molecule has 2 aromatic rings. The van der Waals surface area contributed by atoms with E-state index in [1.54, 1.807) is 30.3 Å². The standard InChI is InChI=1S/C23H23Cl2NO4S/c1-4-14(3)30-19-10-9-15(11-20(19)29-5-2)12-21-22(27)26(23(28)31-21)13-16-17(24)7-6-8-18(16)25/h6-12,14H,4-5,13H2,1-3H3/b21-12-. The van der Waals surface area contributed by atoms with Gasteiger partial charge in [-0.15, -0.1) is 0 Å². The summed E-state index contributed by atoms with van der Waals surface area (Å²) in [7, 11) is 0. The average molecular weight is 480 g/mol. The highest BCUT2D eigenvalue weighted by molar-refractivity contribution is 8.18. The van der Waals surface area contributed by atoms with Crippen molar-refractivity contribution in [2.45, 2.75) is 39.8 Å². The zero-order chi connectivity index (χ0) is 22.5. The summed E-state index contributed by atoms with van der Waals surface area (Å²) in [6.07, 6.45) is 2.60. The molecular formula is C23H23Cl2NO4S. The monoisotopic (exact) mass is 479 g/mol. The summed E-state index contributed by atoms with van der Waals surface area (Å²) in [6.45, 7) is 6.43. The molecule has 2 amide bonds. The highest BCUT2D eigenvalue weighted by atomic mass is 35.5. The van der Waals surface area contributed by atoms with Gasteiger partial charge in [-0.25, -0.2) is 0 Å². The summed E-state index contributed by atoms with van der Waals surface area (Å²) in [5.41, 5.74) is 1.28. The van der Waals surface area contributed by atoms with E-state index in [2.05, 4.69) is 0 Å². The Morgan fingerprint density at radius 1 is 1.10 bits per heavy atom. The number of carbonyl (C=O) groups excluding carboxylic acids is 2. The van der Waals surface area contributed by atoms with Gasteiger partial charge >= 0.3 is 0 Å². The maximum Gasteiger partial charge on any atom is 0.293 e. The molecule has 5 nitrogen and oxygen atoms in total. The van der Waals surface area contributed by atoms with Gasteiger partial charge in [0, 0.05) is 15.6 Å². The van der Waals surface area contributed by atoms with Crippen LogP contribution in [0.4, 0.5) is 4.79 Å². The predicted molar refractivity (Wildman–Crippen MR) is 126 cm³/mol. The van der Waals surface area contributed by atoms with E-state index in [1.807, 2.05) is 32.9 Å². The maximum absolute atomic E-state index is 12.9. The third-order valence-corrected chi connectivity index (χ3v) is 6.34. The molecule has 1 heterocycles. The zero-order valence-corrected chi connectivity index (χ0v) is 19.8. The van der Waals surface area contributed by atoms with Crippen molar-refractivity contribution in [3.05, 3.63) is 62.5 Å². The lowest BCUT2D eigenvalue weighted by atomic mass is 10.1. The smallest absolute Gasteiger partial charge is 0.293 e. The Kier molecular flexibility index (Phi) is 7.92. The molecule has 1 aliphatic rings. The Bertz CT molecular complexity index is 1000. The molecule has 0 N–H and O–H groups in total. The van der Waals surface area contributed by atoms with Gasteiger partial charge in [-0.3, -0.25) is 14.5 Å². The van der Waals surface area contributed by atoms with Gasteiger partial charge in [0.1, 0.15) is 0 Å². The molecule has 0 aromatic heterocycles. The van der Waals surface area contributed by atoms with Gasteiger partial charge in [0.2, 0.25) is 0 Å². The molecular weight excluding hydrogens is 457 g/mol. The number of nitrogens with zero attached hydrogens (tertiary/aromatic N) is 1. The number of thioether (sulfide) groups is 1. The lowest BCUT2D eigenvalue weighted by molar-refractivity contribution is -0.123. The molecule has 0 aliphatic carbocycles. The molecule has 3 rings (SSSR count). The van der Waals surface area contributed by atoms with Crippen LogP contribution in [0.15, 0.2) is 41.3 Å². The van der Waals surface area contributed by atoms with Crippen molar-refractivity contribution in [2.75, 3.05) is 6.61 Å². The maximum atomic E-state index is 12.9. The second kappa shape index (κ2) is 10.4. The number of hydrogen-bond donors (Lipinski definition) is 0. The second-order valence-electron chi connectivity index (χ2n) is 6.94. The Balaban J connectivity index is 1.84. The minimum absolute atomic E-state index is 0.0202. The first kappa shape index (κ1) is 23.5. The van der Waals surface area contributed by atoms with E-state index in [4.69, 9.17) is 32.7 Å². The van der Waals surface area contributed by atoms with E-state index in [-0.39, 0.29) is 23.8 Å². The Labute approximate surface area is 196 Å². The molecule has 1 fully saturated rings. The molecule has 1 unspecified atom stereocenters. The largest absolute Gasteiger partial charge is 0.490 e. The molecule has 2 aromatic carbocycles. The number of ether oxygens (including phenoxy) is 2. The van der Waals surface area contributed by atoms with Gasteiger partial charge in [-0.1, -0.05) is 42.3 Å². The van der Waals surface area contributed by atoms with Crippen LogP contribution >= 0.6 is 35.0 Å². The van der Waals surface area contributed by atoms with Crippen LogP contribution in [-0.2, 0) is 11.3 Å². The van der Waals surface area contributed by atoms with Gasteiger partial charge in [0.15, 0.2) is 11.5 Å². The third-order valence-electron chi connectivity index (χ3n) is 4.72. The molecule has 1 aliphatic heterocycles. The first-order valence-corrected chi connectivity index (χ1v) is 11.5. The second-order valence-corrected chi connectivity index (χ2v) is 8.75. The van der Waals surface area contributed by atoms with Gasteiger partial charge in [-0.05, 0) is 67.9 Å². The highest BCUT2D eigenvalue weighted by Crippen LogP contribution is 2.37. The Morgan fingerprint density at radius 3 is 2.45 bits per heavy atom. The van der Waals surface area contributed by atoms with Gasteiger partial charge < -0.3 is 9.47 Å². The van der Waals surface area contributed by atoms with Crippen LogP contribution in [0.25, 0.3) is 6.08 Å². The molecule has 8 heteroatoms. The Morgan fingerprint density at radius 2 is 1.81 bits per heavy atom. The van der Waals surface area contributed by atoms with E-state index in [9.17, 15) is 9.59 Å². The fourth-order valence-corrected chi connectivity index (χ4v) is 4.26. The minimum Gasteiger partial charge on any atom is -0.490 e. The molecule has 31 heavy (non-hydrogen) atoms. The molecule has 0 saturated carbocycles. The van der Waals surface area contributed by atoms with Crippen molar-refractivity contribution in [3.8, 4) is 11.5 Å². The van der Waals surface area contributed by atoms with Crippen LogP contribution in [-0.4, -0.2) is 28.8 Å². The summed E-state index contributed by atoms with van der Waals surface area (Å²) in [5.74, 6) is 0.859. The fraction of sp³-hybridized carbons (Fsp3) is 0.304. The fourth-order valence-electron chi connectivity index (χ4n) is 2.91. The topological polar surface area (TPSA) is 55.8 Å². The number of benzene rings is 2. The summed E-state index contributed by atoms with van der Waals surface area (Å²) in [5, 5.41) is 0.455. The third kappa shape index (κ3) is 5.56. The number of carbonyl (C=O) groups is 2. The number of imide groups is 1. The summed E-state index contributed by atoms with van der Waals surface area (Å²) < 4.78 is 11.6. The first-order chi connectivity index (χ1) is 14.8. The van der Waals surface area contributed by atoms with Crippen molar-refractivity contribution < 1.29 is 19.1 Å². The molecule has 0 bridgehead atoms. The SMILES string of the molecule is CCOc1cc(/C=C2\SC(=O)N(Cc3c(Cl)cccc3Cl)C2=O)ccc1OC(C)CC. The van der Waals surface area contributed by atoms with Crippen LogP contribution in [0.3, 0.4) is 0 Å². The highest BCUT2D eigenvalue weighted by Gasteiger charge is 2.35. The van der Waals surface area contributed by atoms with Crippen molar-refractivity contribution in [3.63, 3.8) is 0 Å². The zero-order valence-electron chi connectivity index (χ0n) is 17.5. The molecule has 164 valence electrons. The van der Waals surface area contributed by atoms with Crippen LogP contribution in [0.2, 0.25) is 10.0 Å². The average Bonchev–Trinajstić information content (AvgIpc) is 2.99. The van der Waals surface area contributed by atoms with Gasteiger partial charge in [0.05, 0.1) is 24.2 Å². The quantitative estimate of drug-likeness (QED) is 0.389. The first-order valence-electron chi connectivity index (χ1n) is 9.95. The van der Waals surface area contributed by atoms with Crippen LogP contribution in [0, 0.1) is 0 Å². The van der Waals surface area contributed by atoms with Crippen molar-refractivity contribution in [1.29, 1.82) is 0 Å². The number of hydrogen-bond acceptors (Lipinski definition) is 5. The molecule has 1 atom stereocenters. The lowest BCUT2D eigenvalue weighted by Crippen LogP contribution is -2.27. The van der Waals surface area contributed by atoms with E-state index in [0.717, 1.165) is 28.6 Å². The summed E-state index contributed by atoms with van der Waals surface area (Å²) in [4.78, 5) is 26.8. The van der Waals surface area contributed by atoms with Crippen molar-refractivity contribution in [2.24, 2.45) is 0 Å². The van der Waals surface area contributed by atoms with E-state index >= 15 is 0 Å². The van der Waals surface area contributed by atoms with Crippen molar-refractivity contribution >= 4 is 52.2 Å². The number of amides is 2. The lowest BCUT2D eigenvalue weighted by Gasteiger charge is -2.16. The normalized spacial score (nSPS) is 16.2. The summed E-state index contributed by atoms with van der Waals surface area (Å²) in [6, 6.07) is 10.5. The molecule has 1 saturated heterocycles.